The van der Waals surface area contributed by atoms with Gasteiger partial charge in [-0.15, -0.1) is 0 Å². The van der Waals surface area contributed by atoms with Crippen LogP contribution in [0.4, 0.5) is 0 Å². The van der Waals surface area contributed by atoms with Crippen LogP contribution in [0.3, 0.4) is 0 Å². The van der Waals surface area contributed by atoms with E-state index in [4.69, 9.17) is 0 Å². The van der Waals surface area contributed by atoms with Gasteiger partial charge in [-0.05, 0) is 49.8 Å². The molecule has 0 bridgehead atoms. The third-order valence-corrected chi connectivity index (χ3v) is 4.04. The minimum Gasteiger partial charge on any atom is -0.385 e. The molecule has 0 aliphatic heterocycles. The quantitative estimate of drug-likeness (QED) is 0.820. The van der Waals surface area contributed by atoms with Gasteiger partial charge in [0, 0.05) is 0 Å². The molecule has 1 aliphatic carbocycles. The van der Waals surface area contributed by atoms with Crippen LogP contribution in [-0.2, 0) is 5.60 Å². The molecule has 1 atom stereocenters. The predicted molar refractivity (Wildman–Crippen MR) is 67.4 cm³/mol. The molecule has 1 aliphatic rings. The SMILES string of the molecule is Cc1ccc(C(C)(O)CC2CCC2)cc1C. The molecular formula is C15H22O. The topological polar surface area (TPSA) is 20.2 Å². The van der Waals surface area contributed by atoms with Crippen molar-refractivity contribution in [3.05, 3.63) is 34.9 Å². The Kier molecular flexibility index (Phi) is 3.07. The summed E-state index contributed by atoms with van der Waals surface area (Å²) in [5.41, 5.74) is 2.99. The van der Waals surface area contributed by atoms with E-state index in [2.05, 4.69) is 32.0 Å². The zero-order valence-electron chi connectivity index (χ0n) is 10.6. The first-order chi connectivity index (χ1) is 7.49. The lowest BCUT2D eigenvalue weighted by Crippen LogP contribution is -2.28. The molecule has 0 radical (unpaired) electrons. The maximum atomic E-state index is 10.5. The first kappa shape index (κ1) is 11.7. The van der Waals surface area contributed by atoms with Crippen LogP contribution in [0, 0.1) is 19.8 Å². The molecule has 0 amide bonds. The van der Waals surface area contributed by atoms with Gasteiger partial charge in [0.2, 0.25) is 0 Å². The molecule has 1 nitrogen and oxygen atoms in total. The van der Waals surface area contributed by atoms with Crippen LogP contribution in [-0.4, -0.2) is 5.11 Å². The third-order valence-electron chi connectivity index (χ3n) is 4.04. The minimum absolute atomic E-state index is 0.649. The lowest BCUT2D eigenvalue weighted by atomic mass is 9.75. The van der Waals surface area contributed by atoms with E-state index >= 15 is 0 Å². The second kappa shape index (κ2) is 4.21. The summed E-state index contributed by atoms with van der Waals surface area (Å²) in [6.07, 6.45) is 4.84. The van der Waals surface area contributed by atoms with E-state index in [0.717, 1.165) is 17.9 Å². The molecule has 1 saturated carbocycles. The zero-order valence-corrected chi connectivity index (χ0v) is 10.6. The largest absolute Gasteiger partial charge is 0.385 e. The summed E-state index contributed by atoms with van der Waals surface area (Å²) in [5, 5.41) is 10.5. The maximum absolute atomic E-state index is 10.5. The molecule has 0 aromatic heterocycles. The average Bonchev–Trinajstić information content (AvgIpc) is 2.16. The summed E-state index contributed by atoms with van der Waals surface area (Å²) in [7, 11) is 0. The second-order valence-corrected chi connectivity index (χ2v) is 5.57. The number of aliphatic hydroxyl groups is 1. The molecule has 0 spiro atoms. The smallest absolute Gasteiger partial charge is 0.0871 e. The number of rotatable bonds is 3. The highest BCUT2D eigenvalue weighted by molar-refractivity contribution is 5.33. The fraction of sp³-hybridized carbons (Fsp3) is 0.600. The fourth-order valence-corrected chi connectivity index (χ4v) is 2.45. The highest BCUT2D eigenvalue weighted by atomic mass is 16.3. The third kappa shape index (κ3) is 2.30. The van der Waals surface area contributed by atoms with Gasteiger partial charge < -0.3 is 5.11 Å². The van der Waals surface area contributed by atoms with Crippen LogP contribution < -0.4 is 0 Å². The average molecular weight is 218 g/mol. The summed E-state index contributed by atoms with van der Waals surface area (Å²) in [5.74, 6) is 0.733. The summed E-state index contributed by atoms with van der Waals surface area (Å²) in [6, 6.07) is 6.31. The van der Waals surface area contributed by atoms with Crippen LogP contribution in [0.1, 0.15) is 49.3 Å². The Hall–Kier alpha value is -0.820. The summed E-state index contributed by atoms with van der Waals surface area (Å²) >= 11 is 0. The monoisotopic (exact) mass is 218 g/mol. The normalized spacial score (nSPS) is 20.2. The van der Waals surface area contributed by atoms with Crippen LogP contribution in [0.5, 0.6) is 0 Å². The van der Waals surface area contributed by atoms with Crippen molar-refractivity contribution in [3.8, 4) is 0 Å². The van der Waals surface area contributed by atoms with Gasteiger partial charge in [-0.1, -0.05) is 37.5 Å². The van der Waals surface area contributed by atoms with Gasteiger partial charge in [0.15, 0.2) is 0 Å². The molecule has 1 heteroatoms. The molecule has 1 aromatic rings. The molecule has 1 aromatic carbocycles. The highest BCUT2D eigenvalue weighted by Crippen LogP contribution is 2.38. The fourth-order valence-electron chi connectivity index (χ4n) is 2.45. The summed E-state index contributed by atoms with van der Waals surface area (Å²) in [6.45, 7) is 6.17. The molecule has 0 saturated heterocycles. The van der Waals surface area contributed by atoms with E-state index < -0.39 is 5.60 Å². The molecule has 16 heavy (non-hydrogen) atoms. The van der Waals surface area contributed by atoms with Crippen molar-refractivity contribution in [1.82, 2.24) is 0 Å². The molecule has 2 rings (SSSR count). The summed E-state index contributed by atoms with van der Waals surface area (Å²) < 4.78 is 0. The van der Waals surface area contributed by atoms with Crippen LogP contribution in [0.15, 0.2) is 18.2 Å². The van der Waals surface area contributed by atoms with E-state index in [1.54, 1.807) is 0 Å². The van der Waals surface area contributed by atoms with Crippen molar-refractivity contribution in [2.24, 2.45) is 5.92 Å². The van der Waals surface area contributed by atoms with Crippen molar-refractivity contribution < 1.29 is 5.11 Å². The molecule has 1 unspecified atom stereocenters. The Balaban J connectivity index is 2.16. The van der Waals surface area contributed by atoms with Gasteiger partial charge in [-0.25, -0.2) is 0 Å². The van der Waals surface area contributed by atoms with Gasteiger partial charge in [0.1, 0.15) is 0 Å². The van der Waals surface area contributed by atoms with Gasteiger partial charge >= 0.3 is 0 Å². The number of aryl methyl sites for hydroxylation is 2. The Morgan fingerprint density at radius 2 is 1.94 bits per heavy atom. The van der Waals surface area contributed by atoms with Gasteiger partial charge in [-0.2, -0.15) is 0 Å². The van der Waals surface area contributed by atoms with E-state index in [-0.39, 0.29) is 0 Å². The molecular weight excluding hydrogens is 196 g/mol. The van der Waals surface area contributed by atoms with E-state index in [0.29, 0.717) is 0 Å². The highest BCUT2D eigenvalue weighted by Gasteiger charge is 2.30. The molecule has 1 fully saturated rings. The Morgan fingerprint density at radius 3 is 2.44 bits per heavy atom. The number of hydrogen-bond acceptors (Lipinski definition) is 1. The Morgan fingerprint density at radius 1 is 1.25 bits per heavy atom. The van der Waals surface area contributed by atoms with E-state index in [9.17, 15) is 5.11 Å². The van der Waals surface area contributed by atoms with E-state index in [1.165, 1.54) is 30.4 Å². The standard InChI is InChI=1S/C15H22O/c1-11-7-8-14(9-12(11)2)15(3,16)10-13-5-4-6-13/h7-9,13,16H,4-6,10H2,1-3H3. The van der Waals surface area contributed by atoms with Crippen molar-refractivity contribution in [1.29, 1.82) is 0 Å². The molecule has 0 heterocycles. The first-order valence-corrected chi connectivity index (χ1v) is 6.29. The number of hydrogen-bond donors (Lipinski definition) is 1. The van der Waals surface area contributed by atoms with Crippen molar-refractivity contribution >= 4 is 0 Å². The second-order valence-electron chi connectivity index (χ2n) is 5.57. The molecule has 1 N–H and O–H groups in total. The zero-order chi connectivity index (χ0) is 11.8. The Labute approximate surface area is 98.5 Å². The van der Waals surface area contributed by atoms with Gasteiger partial charge in [0.05, 0.1) is 5.60 Å². The summed E-state index contributed by atoms with van der Waals surface area (Å²) in [4.78, 5) is 0. The molecule has 88 valence electrons. The van der Waals surface area contributed by atoms with Gasteiger partial charge in [0.25, 0.3) is 0 Å². The van der Waals surface area contributed by atoms with Crippen LogP contribution in [0.25, 0.3) is 0 Å². The van der Waals surface area contributed by atoms with Gasteiger partial charge in [-0.3, -0.25) is 0 Å². The predicted octanol–water partition coefficient (Wildman–Crippen LogP) is 3.70. The van der Waals surface area contributed by atoms with Crippen LogP contribution >= 0.6 is 0 Å². The van der Waals surface area contributed by atoms with Crippen LogP contribution in [0.2, 0.25) is 0 Å². The maximum Gasteiger partial charge on any atom is 0.0871 e. The minimum atomic E-state index is -0.649. The Bertz CT molecular complexity index is 375. The first-order valence-electron chi connectivity index (χ1n) is 6.29. The lowest BCUT2D eigenvalue weighted by Gasteiger charge is -2.34. The van der Waals surface area contributed by atoms with Crippen molar-refractivity contribution in [3.63, 3.8) is 0 Å². The number of benzene rings is 1. The lowest BCUT2D eigenvalue weighted by molar-refractivity contribution is 0.0161. The van der Waals surface area contributed by atoms with Crippen molar-refractivity contribution in [2.75, 3.05) is 0 Å². The van der Waals surface area contributed by atoms with E-state index in [1.807, 2.05) is 6.92 Å². The van der Waals surface area contributed by atoms with Crippen molar-refractivity contribution in [2.45, 2.75) is 52.1 Å².